The van der Waals surface area contributed by atoms with Crippen molar-refractivity contribution < 1.29 is 14.2 Å². The second-order valence-corrected chi connectivity index (χ2v) is 6.70. The van der Waals surface area contributed by atoms with Gasteiger partial charge in [0.05, 0.1) is 25.4 Å². The number of aryl methyl sites for hydroxylation is 1. The van der Waals surface area contributed by atoms with Crippen LogP contribution in [0.15, 0.2) is 53.5 Å². The predicted molar refractivity (Wildman–Crippen MR) is 126 cm³/mol. The highest BCUT2D eigenvalue weighted by atomic mass is 127. The van der Waals surface area contributed by atoms with E-state index in [4.69, 9.17) is 4.74 Å². The van der Waals surface area contributed by atoms with Gasteiger partial charge in [-0.1, -0.05) is 42.5 Å². The number of aliphatic hydroxyl groups is 1. The van der Waals surface area contributed by atoms with E-state index in [1.165, 1.54) is 6.07 Å². The van der Waals surface area contributed by atoms with Crippen LogP contribution in [0.2, 0.25) is 0 Å². The number of aliphatic imine (C=N–C) groups is 1. The fourth-order valence-corrected chi connectivity index (χ4v) is 2.67. The fourth-order valence-electron chi connectivity index (χ4n) is 2.67. The Morgan fingerprint density at radius 1 is 1.17 bits per heavy atom. The van der Waals surface area contributed by atoms with Crippen LogP contribution < -0.4 is 10.6 Å². The molecule has 0 aliphatic rings. The molecule has 5 nitrogen and oxygen atoms in total. The van der Waals surface area contributed by atoms with Crippen molar-refractivity contribution in [3.05, 3.63) is 71.0 Å². The van der Waals surface area contributed by atoms with Crippen LogP contribution in [0.1, 0.15) is 36.6 Å². The molecular formula is C22H31FIN3O2. The Bertz CT molecular complexity index is 759. The van der Waals surface area contributed by atoms with Crippen LogP contribution in [0.25, 0.3) is 0 Å². The Kier molecular flexibility index (Phi) is 11.8. The van der Waals surface area contributed by atoms with Gasteiger partial charge in [-0.3, -0.25) is 0 Å². The maximum atomic E-state index is 13.4. The first-order valence-corrected chi connectivity index (χ1v) is 9.61. The van der Waals surface area contributed by atoms with E-state index in [9.17, 15) is 9.50 Å². The van der Waals surface area contributed by atoms with E-state index >= 15 is 0 Å². The molecule has 29 heavy (non-hydrogen) atoms. The highest BCUT2D eigenvalue weighted by molar-refractivity contribution is 14.0. The average molecular weight is 515 g/mol. The molecule has 0 fully saturated rings. The number of hydrogen-bond acceptors (Lipinski definition) is 3. The number of guanidine groups is 1. The lowest BCUT2D eigenvalue weighted by Crippen LogP contribution is -2.42. The Balaban J connectivity index is 0.00000420. The second kappa shape index (κ2) is 13.5. The summed E-state index contributed by atoms with van der Waals surface area (Å²) in [5.74, 6) is 0.380. The number of hydrogen-bond donors (Lipinski definition) is 3. The Hall–Kier alpha value is -1.71. The van der Waals surface area contributed by atoms with Crippen LogP contribution in [-0.2, 0) is 11.3 Å². The van der Waals surface area contributed by atoms with Crippen molar-refractivity contribution in [2.45, 2.75) is 39.5 Å². The van der Waals surface area contributed by atoms with Gasteiger partial charge in [0.15, 0.2) is 5.96 Å². The Morgan fingerprint density at radius 3 is 2.55 bits per heavy atom. The largest absolute Gasteiger partial charge is 0.389 e. The quantitative estimate of drug-likeness (QED) is 0.269. The minimum atomic E-state index is -0.664. The van der Waals surface area contributed by atoms with Gasteiger partial charge >= 0.3 is 0 Å². The summed E-state index contributed by atoms with van der Waals surface area (Å²) in [7, 11) is 0. The normalized spacial score (nSPS) is 13.3. The number of benzene rings is 2. The molecule has 0 bridgehead atoms. The van der Waals surface area contributed by atoms with E-state index in [-0.39, 0.29) is 42.5 Å². The molecule has 0 spiro atoms. The first-order chi connectivity index (χ1) is 13.5. The summed E-state index contributed by atoms with van der Waals surface area (Å²) in [5, 5.41) is 16.5. The molecule has 7 heteroatoms. The van der Waals surface area contributed by atoms with Gasteiger partial charge in [-0.2, -0.15) is 0 Å². The highest BCUT2D eigenvalue weighted by Crippen LogP contribution is 2.15. The van der Waals surface area contributed by atoms with Gasteiger partial charge in [-0.15, -0.1) is 24.0 Å². The molecule has 0 saturated carbocycles. The highest BCUT2D eigenvalue weighted by Gasteiger charge is 2.10. The van der Waals surface area contributed by atoms with Crippen LogP contribution in [0.5, 0.6) is 0 Å². The lowest BCUT2D eigenvalue weighted by atomic mass is 10.1. The topological polar surface area (TPSA) is 65.9 Å². The van der Waals surface area contributed by atoms with E-state index in [0.29, 0.717) is 31.2 Å². The molecule has 0 radical (unpaired) electrons. The zero-order chi connectivity index (χ0) is 20.4. The van der Waals surface area contributed by atoms with E-state index in [0.717, 1.165) is 11.1 Å². The van der Waals surface area contributed by atoms with Crippen molar-refractivity contribution in [2.24, 2.45) is 4.99 Å². The minimum Gasteiger partial charge on any atom is -0.389 e. The number of ether oxygens (including phenoxy) is 1. The standard InChI is InChI=1S/C22H30FN3O2.HI/c1-4-24-22(25-13-18-10-11-21(23)16(2)12-18)26-14-20(27)15-28-17(3)19-8-6-5-7-9-19;/h5-12,17,20,27H,4,13-15H2,1-3H3,(H2,24,25,26);1H. The van der Waals surface area contributed by atoms with Crippen LogP contribution in [0.3, 0.4) is 0 Å². The molecule has 0 aromatic heterocycles. The Labute approximate surface area is 189 Å². The van der Waals surface area contributed by atoms with Gasteiger partial charge in [0, 0.05) is 13.1 Å². The summed E-state index contributed by atoms with van der Waals surface area (Å²) < 4.78 is 19.1. The van der Waals surface area contributed by atoms with E-state index in [1.54, 1.807) is 19.1 Å². The van der Waals surface area contributed by atoms with Crippen molar-refractivity contribution in [3.8, 4) is 0 Å². The zero-order valence-electron chi connectivity index (χ0n) is 17.2. The van der Waals surface area contributed by atoms with Crippen LogP contribution in [0, 0.1) is 12.7 Å². The molecule has 0 amide bonds. The van der Waals surface area contributed by atoms with Crippen LogP contribution >= 0.6 is 24.0 Å². The van der Waals surface area contributed by atoms with Gasteiger partial charge in [-0.25, -0.2) is 9.38 Å². The first kappa shape index (κ1) is 25.3. The van der Waals surface area contributed by atoms with Crippen molar-refractivity contribution >= 4 is 29.9 Å². The summed E-state index contributed by atoms with van der Waals surface area (Å²) in [6.07, 6.45) is -0.748. The molecule has 2 atom stereocenters. The zero-order valence-corrected chi connectivity index (χ0v) is 19.5. The van der Waals surface area contributed by atoms with Crippen LogP contribution in [0.4, 0.5) is 4.39 Å². The maximum absolute atomic E-state index is 13.4. The molecule has 3 N–H and O–H groups in total. The lowest BCUT2D eigenvalue weighted by Gasteiger charge is -2.18. The molecule has 0 saturated heterocycles. The van der Waals surface area contributed by atoms with E-state index in [1.807, 2.05) is 44.2 Å². The third kappa shape index (κ3) is 9.10. The smallest absolute Gasteiger partial charge is 0.191 e. The van der Waals surface area contributed by atoms with Crippen molar-refractivity contribution in [1.82, 2.24) is 10.6 Å². The third-order valence-electron chi connectivity index (χ3n) is 4.30. The van der Waals surface area contributed by atoms with Gasteiger partial charge in [0.1, 0.15) is 5.82 Å². The minimum absolute atomic E-state index is 0. The molecule has 2 unspecified atom stereocenters. The molecule has 2 aromatic carbocycles. The van der Waals surface area contributed by atoms with E-state index < -0.39 is 6.10 Å². The number of nitrogens with one attached hydrogen (secondary N) is 2. The Morgan fingerprint density at radius 2 is 1.90 bits per heavy atom. The summed E-state index contributed by atoms with van der Waals surface area (Å²) in [6, 6.07) is 14.9. The molecule has 0 aliphatic heterocycles. The molecule has 160 valence electrons. The van der Waals surface area contributed by atoms with Crippen molar-refractivity contribution in [1.29, 1.82) is 0 Å². The van der Waals surface area contributed by atoms with Gasteiger partial charge in [0.2, 0.25) is 0 Å². The van der Waals surface area contributed by atoms with Crippen molar-refractivity contribution in [2.75, 3.05) is 19.7 Å². The number of rotatable bonds is 9. The number of nitrogens with zero attached hydrogens (tertiary/aromatic N) is 1. The summed E-state index contributed by atoms with van der Waals surface area (Å²) in [6.45, 7) is 7.33. The average Bonchev–Trinajstić information content (AvgIpc) is 2.71. The fraction of sp³-hybridized carbons (Fsp3) is 0.409. The molecule has 2 aromatic rings. The lowest BCUT2D eigenvalue weighted by molar-refractivity contribution is -0.000599. The number of halogens is 2. The van der Waals surface area contributed by atoms with Crippen LogP contribution in [-0.4, -0.2) is 36.9 Å². The van der Waals surface area contributed by atoms with E-state index in [2.05, 4.69) is 15.6 Å². The predicted octanol–water partition coefficient (Wildman–Crippen LogP) is 3.95. The SMILES string of the molecule is CCNC(=NCc1ccc(F)c(C)c1)NCC(O)COC(C)c1ccccc1.I. The van der Waals surface area contributed by atoms with Crippen molar-refractivity contribution in [3.63, 3.8) is 0 Å². The maximum Gasteiger partial charge on any atom is 0.191 e. The van der Waals surface area contributed by atoms with Gasteiger partial charge < -0.3 is 20.5 Å². The second-order valence-electron chi connectivity index (χ2n) is 6.70. The molecule has 0 aliphatic carbocycles. The summed E-state index contributed by atoms with van der Waals surface area (Å²) in [5.41, 5.74) is 2.61. The number of aliphatic hydroxyl groups excluding tert-OH is 1. The van der Waals surface area contributed by atoms with Gasteiger partial charge in [-0.05, 0) is 43.5 Å². The molecule has 2 rings (SSSR count). The third-order valence-corrected chi connectivity index (χ3v) is 4.30. The molecule has 0 heterocycles. The summed E-state index contributed by atoms with van der Waals surface area (Å²) in [4.78, 5) is 4.49. The molecular weight excluding hydrogens is 484 g/mol. The van der Waals surface area contributed by atoms with Gasteiger partial charge in [0.25, 0.3) is 0 Å². The first-order valence-electron chi connectivity index (χ1n) is 9.61. The monoisotopic (exact) mass is 515 g/mol. The summed E-state index contributed by atoms with van der Waals surface area (Å²) >= 11 is 0.